The summed E-state index contributed by atoms with van der Waals surface area (Å²) in [7, 11) is 0. The molecule has 0 atom stereocenters. The van der Waals surface area contributed by atoms with Crippen LogP contribution in [0.1, 0.15) is 54.7 Å². The van der Waals surface area contributed by atoms with Crippen molar-refractivity contribution in [2.75, 3.05) is 32.8 Å². The molecule has 0 spiro atoms. The molecule has 0 saturated carbocycles. The number of carbonyl (C=O) groups excluding carboxylic acids is 1. The number of aliphatic carboxylic acids is 1. The van der Waals surface area contributed by atoms with Gasteiger partial charge in [0.15, 0.2) is 0 Å². The Labute approximate surface area is 211 Å². The van der Waals surface area contributed by atoms with Crippen LogP contribution in [0.2, 0.25) is 0 Å². The number of ether oxygens (including phenoxy) is 1. The van der Waals surface area contributed by atoms with Crippen molar-refractivity contribution >= 4 is 28.4 Å². The van der Waals surface area contributed by atoms with E-state index in [0.29, 0.717) is 24.4 Å². The molecule has 7 nitrogen and oxygen atoms in total. The number of amides is 1. The third-order valence-electron chi connectivity index (χ3n) is 7.18. The van der Waals surface area contributed by atoms with Crippen LogP contribution in [0.4, 0.5) is 0 Å². The van der Waals surface area contributed by atoms with Gasteiger partial charge in [-0.1, -0.05) is 32.0 Å². The lowest BCUT2D eigenvalue weighted by Crippen LogP contribution is -2.36. The van der Waals surface area contributed by atoms with E-state index in [0.717, 1.165) is 35.2 Å². The number of hydrogen-bond donors (Lipinski definition) is 2. The highest BCUT2D eigenvalue weighted by Crippen LogP contribution is 2.40. The molecule has 0 bridgehead atoms. The van der Waals surface area contributed by atoms with Crippen LogP contribution in [0.3, 0.4) is 0 Å². The van der Waals surface area contributed by atoms with Crippen molar-refractivity contribution < 1.29 is 19.4 Å². The maximum absolute atomic E-state index is 13.5. The third kappa shape index (κ3) is 4.75. The van der Waals surface area contributed by atoms with Crippen molar-refractivity contribution in [3.8, 4) is 5.75 Å². The summed E-state index contributed by atoms with van der Waals surface area (Å²) in [4.78, 5) is 33.0. The van der Waals surface area contributed by atoms with E-state index in [4.69, 9.17) is 4.74 Å². The summed E-state index contributed by atoms with van der Waals surface area (Å²) in [6.45, 7) is 8.50. The zero-order valence-electron chi connectivity index (χ0n) is 20.9. The molecule has 1 aromatic heterocycles. The highest BCUT2D eigenvalue weighted by atomic mass is 16.5. The zero-order valence-corrected chi connectivity index (χ0v) is 20.9. The first kappa shape index (κ1) is 24.1. The van der Waals surface area contributed by atoms with Gasteiger partial charge in [-0.15, -0.1) is 0 Å². The highest BCUT2D eigenvalue weighted by molar-refractivity contribution is 6.17. The van der Waals surface area contributed by atoms with Crippen molar-refractivity contribution in [2.24, 2.45) is 0 Å². The second-order valence-electron chi connectivity index (χ2n) is 10.4. The zero-order chi connectivity index (χ0) is 25.3. The molecular formula is C29H33N3O4. The number of carbonyl (C=O) groups is 2. The van der Waals surface area contributed by atoms with Crippen molar-refractivity contribution in [1.82, 2.24) is 14.8 Å². The van der Waals surface area contributed by atoms with Crippen LogP contribution in [0, 0.1) is 0 Å². The number of carboxylic acid groups (broad SMARTS) is 1. The molecule has 5 rings (SSSR count). The number of aromatic nitrogens is 1. The largest absolute Gasteiger partial charge is 0.494 e. The Balaban J connectivity index is 1.34. The molecule has 3 heterocycles. The number of carboxylic acids is 1. The first-order valence-corrected chi connectivity index (χ1v) is 12.7. The quantitative estimate of drug-likeness (QED) is 0.464. The molecule has 0 aliphatic carbocycles. The number of fused-ring (bicyclic) bond motifs is 3. The fourth-order valence-corrected chi connectivity index (χ4v) is 5.45. The smallest absolute Gasteiger partial charge is 0.339 e. The molecule has 2 N–H and O–H groups in total. The average molecular weight is 488 g/mol. The number of H-pyrrole nitrogens is 1. The Bertz CT molecular complexity index is 1300. The average Bonchev–Trinajstić information content (AvgIpc) is 3.49. The second-order valence-corrected chi connectivity index (χ2v) is 10.4. The third-order valence-corrected chi connectivity index (χ3v) is 7.18. The van der Waals surface area contributed by atoms with Gasteiger partial charge in [0.1, 0.15) is 5.75 Å². The lowest BCUT2D eigenvalue weighted by molar-refractivity contribution is -0.130. The van der Waals surface area contributed by atoms with E-state index in [-0.39, 0.29) is 11.5 Å². The van der Waals surface area contributed by atoms with Crippen molar-refractivity contribution in [3.05, 3.63) is 71.6 Å². The Morgan fingerprint density at radius 2 is 1.78 bits per heavy atom. The van der Waals surface area contributed by atoms with Gasteiger partial charge in [0.25, 0.3) is 5.91 Å². The van der Waals surface area contributed by atoms with Gasteiger partial charge in [0.2, 0.25) is 0 Å². The summed E-state index contributed by atoms with van der Waals surface area (Å²) in [6, 6.07) is 14.9. The maximum Gasteiger partial charge on any atom is 0.339 e. The number of rotatable bonds is 7. The molecule has 0 unspecified atom stereocenters. The SMILES string of the molecule is CC1(C)CN(C(=O)c2ccc(OCCCN3CCCC3)cc2)C=C(C(=O)O)c2[nH]c3ccccc3c21. The van der Waals surface area contributed by atoms with Crippen molar-refractivity contribution in [1.29, 1.82) is 0 Å². The number of likely N-dealkylation sites (tertiary alicyclic amines) is 1. The minimum Gasteiger partial charge on any atom is -0.494 e. The normalized spacial score (nSPS) is 17.5. The molecule has 1 fully saturated rings. The number of aromatic amines is 1. The lowest BCUT2D eigenvalue weighted by atomic mass is 9.81. The predicted molar refractivity (Wildman–Crippen MR) is 140 cm³/mol. The number of nitrogens with one attached hydrogen (secondary N) is 1. The fourth-order valence-electron chi connectivity index (χ4n) is 5.45. The Morgan fingerprint density at radius 3 is 2.50 bits per heavy atom. The van der Waals surface area contributed by atoms with Gasteiger partial charge in [0.05, 0.1) is 17.9 Å². The van der Waals surface area contributed by atoms with Crippen molar-refractivity contribution in [3.63, 3.8) is 0 Å². The van der Waals surface area contributed by atoms with E-state index in [2.05, 4.69) is 9.88 Å². The van der Waals surface area contributed by atoms with E-state index in [9.17, 15) is 14.7 Å². The molecule has 7 heteroatoms. The van der Waals surface area contributed by atoms with Gasteiger partial charge in [-0.05, 0) is 68.2 Å². The van der Waals surface area contributed by atoms with Gasteiger partial charge in [0, 0.05) is 41.2 Å². The molecule has 188 valence electrons. The molecule has 0 radical (unpaired) electrons. The van der Waals surface area contributed by atoms with Crippen LogP contribution < -0.4 is 4.74 Å². The van der Waals surface area contributed by atoms with Gasteiger partial charge in [-0.3, -0.25) is 4.79 Å². The van der Waals surface area contributed by atoms with E-state index in [1.54, 1.807) is 12.1 Å². The van der Waals surface area contributed by atoms with Gasteiger partial charge in [-0.2, -0.15) is 0 Å². The minimum atomic E-state index is -1.07. The maximum atomic E-state index is 13.5. The highest BCUT2D eigenvalue weighted by Gasteiger charge is 2.37. The summed E-state index contributed by atoms with van der Waals surface area (Å²) < 4.78 is 5.88. The van der Waals surface area contributed by atoms with E-state index < -0.39 is 11.4 Å². The number of hydrogen-bond acceptors (Lipinski definition) is 4. The number of para-hydroxylation sites is 1. The molecule has 2 aliphatic heterocycles. The molecule has 3 aromatic rings. The van der Waals surface area contributed by atoms with Crippen LogP contribution in [-0.2, 0) is 10.2 Å². The minimum absolute atomic E-state index is 0.0816. The van der Waals surface area contributed by atoms with Gasteiger partial charge >= 0.3 is 5.97 Å². The second kappa shape index (κ2) is 9.82. The lowest BCUT2D eigenvalue weighted by Gasteiger charge is -2.29. The first-order valence-electron chi connectivity index (χ1n) is 12.7. The molecule has 1 amide bonds. The molecule has 2 aromatic carbocycles. The van der Waals surface area contributed by atoms with Gasteiger partial charge < -0.3 is 24.6 Å². The number of nitrogens with zero attached hydrogens (tertiary/aromatic N) is 2. The summed E-state index contributed by atoms with van der Waals surface area (Å²) in [5, 5.41) is 11.0. The predicted octanol–water partition coefficient (Wildman–Crippen LogP) is 4.89. The van der Waals surface area contributed by atoms with Gasteiger partial charge in [-0.25, -0.2) is 4.79 Å². The Morgan fingerprint density at radius 1 is 1.06 bits per heavy atom. The summed E-state index contributed by atoms with van der Waals surface area (Å²) in [5.74, 6) is -0.583. The Kier molecular flexibility index (Phi) is 6.58. The van der Waals surface area contributed by atoms with Crippen molar-refractivity contribution in [2.45, 2.75) is 38.5 Å². The summed E-state index contributed by atoms with van der Waals surface area (Å²) in [6.07, 6.45) is 5.02. The van der Waals surface area contributed by atoms with E-state index in [1.165, 1.54) is 37.0 Å². The molecule has 36 heavy (non-hydrogen) atoms. The molecule has 2 aliphatic rings. The monoisotopic (exact) mass is 487 g/mol. The van der Waals surface area contributed by atoms with Crippen LogP contribution in [-0.4, -0.2) is 64.6 Å². The van der Waals surface area contributed by atoms with Crippen LogP contribution in [0.25, 0.3) is 16.5 Å². The fraction of sp³-hybridized carbons (Fsp3) is 0.379. The Hall–Kier alpha value is -3.58. The van der Waals surface area contributed by atoms with Crippen LogP contribution in [0.15, 0.2) is 54.7 Å². The van der Waals surface area contributed by atoms with Crippen LogP contribution >= 0.6 is 0 Å². The number of benzene rings is 2. The standard InChI is InChI=1S/C29H33N3O4/c1-29(2)19-32(18-23(28(34)35)26-25(29)22-8-3-4-9-24(22)30-26)27(33)20-10-12-21(13-11-20)36-17-7-16-31-14-5-6-15-31/h3-4,8-13,18,30H,5-7,14-17,19H2,1-2H3,(H,34,35). The first-order chi connectivity index (χ1) is 17.3. The summed E-state index contributed by atoms with van der Waals surface area (Å²) >= 11 is 0. The topological polar surface area (TPSA) is 85.9 Å². The summed E-state index contributed by atoms with van der Waals surface area (Å²) in [5.41, 5.74) is 2.46. The van der Waals surface area contributed by atoms with Crippen LogP contribution in [0.5, 0.6) is 5.75 Å². The van der Waals surface area contributed by atoms with E-state index >= 15 is 0 Å². The molecular weight excluding hydrogens is 454 g/mol. The molecule has 1 saturated heterocycles. The van der Waals surface area contributed by atoms with E-state index in [1.807, 2.05) is 50.2 Å².